The molecule has 1 atom stereocenters. The van der Waals surface area contributed by atoms with E-state index in [9.17, 15) is 5.11 Å². The Morgan fingerprint density at radius 2 is 2.19 bits per heavy atom. The number of nitriles is 1. The Morgan fingerprint density at radius 3 is 2.96 bits per heavy atom. The number of nitrogens with one attached hydrogen (secondary N) is 2. The highest BCUT2D eigenvalue weighted by Gasteiger charge is 2.41. The SMILES string of the molecule is CCc1cc(C)c2[nH]cc3c2c1C(O)(c1nc2ccc(C#N)cc2[nH]1)CC3. The molecule has 1 aliphatic carbocycles. The molecule has 0 spiro atoms. The third-order valence-electron chi connectivity index (χ3n) is 5.87. The summed E-state index contributed by atoms with van der Waals surface area (Å²) >= 11 is 0. The molecule has 2 aromatic carbocycles. The minimum Gasteiger partial charge on any atom is -0.377 e. The molecule has 0 saturated heterocycles. The number of benzene rings is 2. The molecule has 2 heterocycles. The second-order valence-corrected chi connectivity index (χ2v) is 7.43. The number of nitrogens with zero attached hydrogens (tertiary/aromatic N) is 2. The van der Waals surface area contributed by atoms with Crippen molar-refractivity contribution < 1.29 is 5.11 Å². The number of H-pyrrole nitrogens is 2. The van der Waals surface area contributed by atoms with Gasteiger partial charge in [0.05, 0.1) is 22.7 Å². The zero-order valence-corrected chi connectivity index (χ0v) is 15.3. The lowest BCUT2D eigenvalue weighted by Gasteiger charge is -2.33. The largest absolute Gasteiger partial charge is 0.377 e. The summed E-state index contributed by atoms with van der Waals surface area (Å²) in [6, 6.07) is 9.69. The van der Waals surface area contributed by atoms with Crippen LogP contribution < -0.4 is 0 Å². The second-order valence-electron chi connectivity index (χ2n) is 7.43. The number of aliphatic hydroxyl groups is 1. The third kappa shape index (κ3) is 2.11. The summed E-state index contributed by atoms with van der Waals surface area (Å²) in [4.78, 5) is 11.4. The molecule has 134 valence electrons. The molecule has 2 aromatic heterocycles. The van der Waals surface area contributed by atoms with Crippen LogP contribution in [0.4, 0.5) is 0 Å². The van der Waals surface area contributed by atoms with Crippen LogP contribution in [-0.2, 0) is 18.4 Å². The summed E-state index contributed by atoms with van der Waals surface area (Å²) < 4.78 is 0. The summed E-state index contributed by atoms with van der Waals surface area (Å²) in [6.07, 6.45) is 4.28. The molecule has 4 aromatic rings. The number of hydrogen-bond acceptors (Lipinski definition) is 3. The molecule has 0 fully saturated rings. The maximum atomic E-state index is 11.9. The summed E-state index contributed by atoms with van der Waals surface area (Å²) in [5.41, 5.74) is 6.62. The maximum Gasteiger partial charge on any atom is 0.148 e. The number of aryl methyl sites for hydroxylation is 3. The first-order valence-electron chi connectivity index (χ1n) is 9.30. The molecule has 0 aliphatic heterocycles. The van der Waals surface area contributed by atoms with Crippen LogP contribution in [0.15, 0.2) is 30.5 Å². The minimum absolute atomic E-state index is 0.555. The van der Waals surface area contributed by atoms with Gasteiger partial charge in [-0.2, -0.15) is 5.26 Å². The summed E-state index contributed by atoms with van der Waals surface area (Å²) in [6.45, 7) is 4.23. The fourth-order valence-electron chi connectivity index (χ4n) is 4.53. The molecule has 5 rings (SSSR count). The van der Waals surface area contributed by atoms with E-state index in [-0.39, 0.29) is 0 Å². The average molecular weight is 356 g/mol. The average Bonchev–Trinajstić information content (AvgIpc) is 3.30. The van der Waals surface area contributed by atoms with Crippen LogP contribution >= 0.6 is 0 Å². The second kappa shape index (κ2) is 5.45. The zero-order chi connectivity index (χ0) is 18.8. The van der Waals surface area contributed by atoms with Crippen molar-refractivity contribution in [2.75, 3.05) is 0 Å². The van der Waals surface area contributed by atoms with E-state index in [4.69, 9.17) is 10.2 Å². The molecule has 27 heavy (non-hydrogen) atoms. The monoisotopic (exact) mass is 356 g/mol. The Labute approximate surface area is 156 Å². The van der Waals surface area contributed by atoms with Gasteiger partial charge in [-0.3, -0.25) is 0 Å². The topological polar surface area (TPSA) is 88.5 Å². The van der Waals surface area contributed by atoms with Gasteiger partial charge < -0.3 is 15.1 Å². The molecular weight excluding hydrogens is 336 g/mol. The van der Waals surface area contributed by atoms with E-state index in [0.717, 1.165) is 45.9 Å². The van der Waals surface area contributed by atoms with Gasteiger partial charge in [0.2, 0.25) is 0 Å². The van der Waals surface area contributed by atoms with Gasteiger partial charge >= 0.3 is 0 Å². The van der Waals surface area contributed by atoms with Crippen LogP contribution in [0.1, 0.15) is 47.0 Å². The lowest BCUT2D eigenvalue weighted by atomic mass is 9.76. The highest BCUT2D eigenvalue weighted by molar-refractivity contribution is 5.92. The van der Waals surface area contributed by atoms with Crippen molar-refractivity contribution in [2.24, 2.45) is 0 Å². The van der Waals surface area contributed by atoms with E-state index in [2.05, 4.69) is 42.1 Å². The van der Waals surface area contributed by atoms with Crippen LogP contribution in [0.3, 0.4) is 0 Å². The zero-order valence-electron chi connectivity index (χ0n) is 15.3. The van der Waals surface area contributed by atoms with Gasteiger partial charge in [-0.1, -0.05) is 13.0 Å². The van der Waals surface area contributed by atoms with Crippen LogP contribution in [0.2, 0.25) is 0 Å². The summed E-state index contributed by atoms with van der Waals surface area (Å²) in [5.74, 6) is 0.555. The first kappa shape index (κ1) is 16.1. The van der Waals surface area contributed by atoms with Gasteiger partial charge in [-0.25, -0.2) is 4.98 Å². The lowest BCUT2D eigenvalue weighted by molar-refractivity contribution is 0.0613. The Hall–Kier alpha value is -3.10. The van der Waals surface area contributed by atoms with Gasteiger partial charge in [0.1, 0.15) is 11.4 Å². The molecule has 1 aliphatic rings. The number of imidazole rings is 1. The number of aromatic nitrogens is 3. The van der Waals surface area contributed by atoms with E-state index >= 15 is 0 Å². The van der Waals surface area contributed by atoms with Crippen molar-refractivity contribution in [1.82, 2.24) is 15.0 Å². The first-order valence-corrected chi connectivity index (χ1v) is 9.30. The molecule has 0 radical (unpaired) electrons. The predicted molar refractivity (Wildman–Crippen MR) is 105 cm³/mol. The Bertz CT molecular complexity index is 1260. The minimum atomic E-state index is -1.17. The summed E-state index contributed by atoms with van der Waals surface area (Å²) in [7, 11) is 0. The smallest absolute Gasteiger partial charge is 0.148 e. The fraction of sp³-hybridized carbons (Fsp3) is 0.273. The van der Waals surface area contributed by atoms with Gasteiger partial charge in [0, 0.05) is 22.7 Å². The fourth-order valence-corrected chi connectivity index (χ4v) is 4.53. The lowest BCUT2D eigenvalue weighted by Crippen LogP contribution is -2.33. The van der Waals surface area contributed by atoms with Crippen molar-refractivity contribution >= 4 is 21.9 Å². The summed E-state index contributed by atoms with van der Waals surface area (Å²) in [5, 5.41) is 22.2. The number of fused-ring (bicyclic) bond motifs is 1. The van der Waals surface area contributed by atoms with E-state index in [1.807, 2.05) is 6.07 Å². The quantitative estimate of drug-likeness (QED) is 0.508. The normalized spacial score (nSPS) is 18.9. The van der Waals surface area contributed by atoms with Crippen LogP contribution in [-0.4, -0.2) is 20.1 Å². The molecular formula is C22H20N4O. The predicted octanol–water partition coefficient (Wildman–Crippen LogP) is 3.97. The van der Waals surface area contributed by atoms with E-state index < -0.39 is 5.60 Å². The Morgan fingerprint density at radius 1 is 1.33 bits per heavy atom. The maximum absolute atomic E-state index is 11.9. The van der Waals surface area contributed by atoms with Gasteiger partial charge in [0.15, 0.2) is 0 Å². The highest BCUT2D eigenvalue weighted by Crippen LogP contribution is 2.45. The van der Waals surface area contributed by atoms with E-state index in [1.54, 1.807) is 12.1 Å². The van der Waals surface area contributed by atoms with Crippen molar-refractivity contribution in [3.8, 4) is 6.07 Å². The van der Waals surface area contributed by atoms with Gasteiger partial charge in [-0.15, -0.1) is 0 Å². The Balaban J connectivity index is 1.81. The molecule has 0 saturated carbocycles. The van der Waals surface area contributed by atoms with Crippen LogP contribution in [0.5, 0.6) is 0 Å². The van der Waals surface area contributed by atoms with Crippen molar-refractivity contribution in [3.05, 3.63) is 64.1 Å². The first-order chi connectivity index (χ1) is 13.0. The highest BCUT2D eigenvalue weighted by atomic mass is 16.3. The third-order valence-corrected chi connectivity index (χ3v) is 5.87. The van der Waals surface area contributed by atoms with Crippen molar-refractivity contribution in [3.63, 3.8) is 0 Å². The Kier molecular flexibility index (Phi) is 3.25. The number of aromatic amines is 2. The van der Waals surface area contributed by atoms with Crippen LogP contribution in [0.25, 0.3) is 21.9 Å². The molecule has 5 nitrogen and oxygen atoms in total. The van der Waals surface area contributed by atoms with Gasteiger partial charge in [-0.05, 0) is 61.1 Å². The van der Waals surface area contributed by atoms with Gasteiger partial charge in [0.25, 0.3) is 0 Å². The van der Waals surface area contributed by atoms with Crippen molar-refractivity contribution in [2.45, 2.75) is 38.7 Å². The van der Waals surface area contributed by atoms with Crippen molar-refractivity contribution in [1.29, 1.82) is 5.26 Å². The van der Waals surface area contributed by atoms with E-state index in [1.165, 1.54) is 11.1 Å². The molecule has 0 bridgehead atoms. The van der Waals surface area contributed by atoms with E-state index in [0.29, 0.717) is 17.8 Å². The number of rotatable bonds is 2. The number of hydrogen-bond donors (Lipinski definition) is 3. The molecule has 1 unspecified atom stereocenters. The van der Waals surface area contributed by atoms with Crippen LogP contribution in [0, 0.1) is 18.3 Å². The standard InChI is InChI=1S/C22H20N4O/c1-3-14-8-12(2)20-18-15(11-24-20)6-7-22(27,19(14)18)21-25-16-5-4-13(10-23)9-17(16)26-21/h4-5,8-9,11,24,27H,3,6-7H2,1-2H3,(H,25,26). The molecule has 3 N–H and O–H groups in total. The molecule has 0 amide bonds. The molecule has 5 heteroatoms.